The number of sulfone groups is 1. The van der Waals surface area contributed by atoms with E-state index < -0.39 is 15.1 Å². The minimum atomic E-state index is -3.76. The van der Waals surface area contributed by atoms with Crippen LogP contribution in [0.15, 0.2) is 60.8 Å². The van der Waals surface area contributed by atoms with Gasteiger partial charge in [0.1, 0.15) is 11.0 Å². The van der Waals surface area contributed by atoms with Crippen molar-refractivity contribution in [2.75, 3.05) is 13.7 Å². The van der Waals surface area contributed by atoms with E-state index in [0.717, 1.165) is 10.9 Å². The molecule has 3 aromatic rings. The number of carbonyl (C=O) groups excluding carboxylic acids is 1. The third kappa shape index (κ3) is 4.47. The number of ether oxygens (including phenoxy) is 1. The number of carbonyl (C=O) groups is 1. The Bertz CT molecular complexity index is 1070. The number of rotatable bonds is 8. The molecule has 0 radical (unpaired) electrons. The molecule has 0 bridgehead atoms. The number of methoxy groups -OCH3 is 1. The minimum Gasteiger partial charge on any atom is -0.497 e. The molecule has 146 valence electrons. The highest BCUT2D eigenvalue weighted by Crippen LogP contribution is 2.28. The third-order valence-electron chi connectivity index (χ3n) is 4.41. The Kier molecular flexibility index (Phi) is 5.91. The zero-order chi connectivity index (χ0) is 20.1. The first kappa shape index (κ1) is 19.8. The molecule has 8 heteroatoms. The van der Waals surface area contributed by atoms with Gasteiger partial charge in [-0.15, -0.1) is 0 Å². The fourth-order valence-electron chi connectivity index (χ4n) is 2.99. The van der Waals surface area contributed by atoms with Crippen molar-refractivity contribution in [3.63, 3.8) is 0 Å². The predicted molar refractivity (Wildman–Crippen MR) is 105 cm³/mol. The van der Waals surface area contributed by atoms with Crippen LogP contribution in [0.4, 0.5) is 0 Å². The Balaban J connectivity index is 1.94. The number of hydrogen-bond donors (Lipinski definition) is 1. The first-order chi connectivity index (χ1) is 13.4. The molecule has 1 heterocycles. The highest BCUT2D eigenvalue weighted by Gasteiger charge is 2.29. The summed E-state index contributed by atoms with van der Waals surface area (Å²) < 4.78 is 31.4. The van der Waals surface area contributed by atoms with E-state index in [1.165, 1.54) is 13.3 Å². The van der Waals surface area contributed by atoms with Crippen LogP contribution < -0.4 is 4.74 Å². The van der Waals surface area contributed by atoms with Crippen molar-refractivity contribution in [1.29, 1.82) is 0 Å². The normalized spacial score (nSPS) is 12.5. The van der Waals surface area contributed by atoms with E-state index in [1.807, 2.05) is 24.3 Å². The van der Waals surface area contributed by atoms with Crippen molar-refractivity contribution >= 4 is 27.2 Å². The van der Waals surface area contributed by atoms with Crippen LogP contribution in [0.1, 0.15) is 16.4 Å². The first-order valence-corrected chi connectivity index (χ1v) is 10.2. The van der Waals surface area contributed by atoms with Crippen LogP contribution in [0.2, 0.25) is 0 Å². The van der Waals surface area contributed by atoms with E-state index in [-0.39, 0.29) is 18.7 Å². The topological polar surface area (TPSA) is 96.8 Å². The lowest BCUT2D eigenvalue weighted by atomic mass is 10.1. The fraction of sp³-hybridized carbons (Fsp3) is 0.200. The van der Waals surface area contributed by atoms with Gasteiger partial charge in [-0.05, 0) is 35.4 Å². The maximum Gasteiger partial charge on any atom is 0.233 e. The van der Waals surface area contributed by atoms with Gasteiger partial charge in [-0.3, -0.25) is 15.0 Å². The number of para-hydroxylation sites is 1. The molecule has 0 fully saturated rings. The fourth-order valence-corrected chi connectivity index (χ4v) is 4.76. The summed E-state index contributed by atoms with van der Waals surface area (Å²) in [5.74, 6) is 0.309. The summed E-state index contributed by atoms with van der Waals surface area (Å²) >= 11 is 0. The first-order valence-electron chi connectivity index (χ1n) is 8.53. The van der Waals surface area contributed by atoms with Gasteiger partial charge in [0.2, 0.25) is 6.41 Å². The third-order valence-corrected chi connectivity index (χ3v) is 6.43. The lowest BCUT2D eigenvalue weighted by molar-refractivity contribution is -0.149. The molecule has 1 atom stereocenters. The minimum absolute atomic E-state index is 0.184. The van der Waals surface area contributed by atoms with E-state index in [9.17, 15) is 18.4 Å². The van der Waals surface area contributed by atoms with Gasteiger partial charge < -0.3 is 4.74 Å². The summed E-state index contributed by atoms with van der Waals surface area (Å²) in [4.78, 5) is 15.2. The summed E-state index contributed by atoms with van der Waals surface area (Å²) in [5.41, 5.74) is 1.76. The van der Waals surface area contributed by atoms with Crippen molar-refractivity contribution in [3.05, 3.63) is 71.9 Å². The van der Waals surface area contributed by atoms with Gasteiger partial charge >= 0.3 is 0 Å². The monoisotopic (exact) mass is 400 g/mol. The molecule has 28 heavy (non-hydrogen) atoms. The molecule has 0 spiro atoms. The average molecular weight is 400 g/mol. The number of fused-ring (bicyclic) bond motifs is 1. The summed E-state index contributed by atoms with van der Waals surface area (Å²) in [6.07, 6.45) is 1.71. The standard InChI is InChI=1S/C20H20N2O5S/c1-27-18-8-6-16(7-9-18)20(12-22(24)14-23)28(25,26)13-15-10-17-4-2-3-5-19(17)21-11-15/h2-11,14,20,24H,12-13H2,1H3. The summed E-state index contributed by atoms with van der Waals surface area (Å²) in [7, 11) is -2.25. The number of amides is 1. The summed E-state index contributed by atoms with van der Waals surface area (Å²) in [5, 5.41) is 9.71. The Labute approximate surface area is 163 Å². The van der Waals surface area contributed by atoms with Crippen LogP contribution in [0.3, 0.4) is 0 Å². The zero-order valence-corrected chi connectivity index (χ0v) is 16.0. The van der Waals surface area contributed by atoms with Crippen LogP contribution in [0.25, 0.3) is 10.9 Å². The van der Waals surface area contributed by atoms with E-state index in [1.54, 1.807) is 30.3 Å². The largest absolute Gasteiger partial charge is 0.497 e. The molecule has 0 aliphatic heterocycles. The summed E-state index contributed by atoms with van der Waals surface area (Å²) in [6.45, 7) is -0.376. The Morgan fingerprint density at radius 3 is 2.57 bits per heavy atom. The number of hydroxylamine groups is 2. The molecule has 1 aromatic heterocycles. The number of aromatic nitrogens is 1. The van der Waals surface area contributed by atoms with E-state index in [4.69, 9.17) is 4.74 Å². The molecule has 0 aliphatic rings. The average Bonchev–Trinajstić information content (AvgIpc) is 2.71. The molecule has 2 aromatic carbocycles. The lowest BCUT2D eigenvalue weighted by Gasteiger charge is -2.21. The maximum absolute atomic E-state index is 13.1. The molecule has 0 saturated heterocycles. The summed E-state index contributed by atoms with van der Waals surface area (Å²) in [6, 6.07) is 15.7. The second-order valence-corrected chi connectivity index (χ2v) is 8.52. The second kappa shape index (κ2) is 8.37. The van der Waals surface area contributed by atoms with Gasteiger partial charge in [-0.25, -0.2) is 13.5 Å². The highest BCUT2D eigenvalue weighted by molar-refractivity contribution is 7.90. The Morgan fingerprint density at radius 2 is 1.89 bits per heavy atom. The van der Waals surface area contributed by atoms with Crippen molar-refractivity contribution in [2.24, 2.45) is 0 Å². The maximum atomic E-state index is 13.1. The van der Waals surface area contributed by atoms with Crippen LogP contribution in [0, 0.1) is 0 Å². The SMILES string of the molecule is COc1ccc(C(CN(O)C=O)S(=O)(=O)Cc2cnc3ccccc3c2)cc1. The Hall–Kier alpha value is -2.97. The molecular weight excluding hydrogens is 380 g/mol. The molecule has 7 nitrogen and oxygen atoms in total. The quantitative estimate of drug-likeness (QED) is 0.355. The molecule has 0 saturated carbocycles. The van der Waals surface area contributed by atoms with Gasteiger partial charge in [0.05, 0.1) is 24.9 Å². The molecule has 3 rings (SSSR count). The lowest BCUT2D eigenvalue weighted by Crippen LogP contribution is -2.29. The van der Waals surface area contributed by atoms with Gasteiger partial charge in [-0.1, -0.05) is 30.3 Å². The van der Waals surface area contributed by atoms with Gasteiger partial charge in [0, 0.05) is 11.6 Å². The zero-order valence-electron chi connectivity index (χ0n) is 15.2. The molecule has 1 N–H and O–H groups in total. The van der Waals surface area contributed by atoms with Gasteiger partial charge in [0.25, 0.3) is 0 Å². The highest BCUT2D eigenvalue weighted by atomic mass is 32.2. The number of benzene rings is 2. The number of nitrogens with zero attached hydrogens (tertiary/aromatic N) is 2. The van der Waals surface area contributed by atoms with Gasteiger partial charge in [-0.2, -0.15) is 0 Å². The van der Waals surface area contributed by atoms with Crippen molar-refractivity contribution in [2.45, 2.75) is 11.0 Å². The predicted octanol–water partition coefficient (Wildman–Crippen LogP) is 2.75. The Morgan fingerprint density at radius 1 is 1.18 bits per heavy atom. The van der Waals surface area contributed by atoms with Crippen LogP contribution in [-0.4, -0.2) is 43.7 Å². The second-order valence-electron chi connectivity index (χ2n) is 6.33. The van der Waals surface area contributed by atoms with E-state index >= 15 is 0 Å². The van der Waals surface area contributed by atoms with Crippen molar-refractivity contribution < 1.29 is 23.2 Å². The van der Waals surface area contributed by atoms with Crippen molar-refractivity contribution in [1.82, 2.24) is 10.0 Å². The van der Waals surface area contributed by atoms with Crippen LogP contribution in [0.5, 0.6) is 5.75 Å². The number of pyridine rings is 1. The van der Waals surface area contributed by atoms with Crippen molar-refractivity contribution in [3.8, 4) is 5.75 Å². The van der Waals surface area contributed by atoms with E-state index in [2.05, 4.69) is 4.98 Å². The molecule has 1 unspecified atom stereocenters. The smallest absolute Gasteiger partial charge is 0.233 e. The molecular formula is C20H20N2O5S. The van der Waals surface area contributed by atoms with Crippen LogP contribution in [-0.2, 0) is 20.4 Å². The number of hydrogen-bond acceptors (Lipinski definition) is 6. The molecule has 0 aliphatic carbocycles. The van der Waals surface area contributed by atoms with Crippen LogP contribution >= 0.6 is 0 Å². The van der Waals surface area contributed by atoms with Gasteiger partial charge in [0.15, 0.2) is 9.84 Å². The molecule has 1 amide bonds. The van der Waals surface area contributed by atoms with E-state index in [0.29, 0.717) is 21.9 Å².